The van der Waals surface area contributed by atoms with E-state index in [1.807, 2.05) is 6.92 Å². The van der Waals surface area contributed by atoms with Gasteiger partial charge in [0.05, 0.1) is 24.1 Å². The minimum atomic E-state index is -0.743. The monoisotopic (exact) mass is 408 g/mol. The van der Waals surface area contributed by atoms with Gasteiger partial charge in [-0.25, -0.2) is 4.79 Å². The number of benzene rings is 2. The predicted octanol–water partition coefficient (Wildman–Crippen LogP) is 3.73. The second-order valence-electron chi connectivity index (χ2n) is 6.06. The van der Waals surface area contributed by atoms with E-state index in [2.05, 4.69) is 10.6 Å². The Morgan fingerprint density at radius 1 is 0.933 bits per heavy atom. The van der Waals surface area contributed by atoms with Crippen LogP contribution in [0.3, 0.4) is 0 Å². The average molecular weight is 408 g/mol. The molecule has 0 unspecified atom stereocenters. The van der Waals surface area contributed by atoms with Crippen LogP contribution in [-0.2, 0) is 9.53 Å². The van der Waals surface area contributed by atoms with Crippen LogP contribution in [0.1, 0.15) is 27.8 Å². The Kier molecular flexibility index (Phi) is 6.83. The number of rotatable bonds is 8. The molecular weight excluding hydrogens is 388 g/mol. The number of hydrogen-bond acceptors (Lipinski definition) is 6. The van der Waals surface area contributed by atoms with E-state index < -0.39 is 24.4 Å². The van der Waals surface area contributed by atoms with Gasteiger partial charge < -0.3 is 24.5 Å². The molecule has 0 saturated carbocycles. The van der Waals surface area contributed by atoms with Gasteiger partial charge in [-0.3, -0.25) is 9.59 Å². The molecule has 8 nitrogen and oxygen atoms in total. The lowest BCUT2D eigenvalue weighted by Crippen LogP contribution is -2.22. The fourth-order valence-corrected chi connectivity index (χ4v) is 2.57. The van der Waals surface area contributed by atoms with Gasteiger partial charge in [0.25, 0.3) is 11.8 Å². The maximum Gasteiger partial charge on any atom is 0.340 e. The third kappa shape index (κ3) is 5.48. The van der Waals surface area contributed by atoms with Crippen LogP contribution >= 0.6 is 0 Å². The molecule has 0 atom stereocenters. The zero-order valence-electron chi connectivity index (χ0n) is 16.2. The number of hydrogen-bond donors (Lipinski definition) is 2. The number of carbonyl (C=O) groups is 3. The fraction of sp³-hybridized carbons (Fsp3) is 0.136. The summed E-state index contributed by atoms with van der Waals surface area (Å²) in [5, 5.41) is 5.22. The van der Waals surface area contributed by atoms with Gasteiger partial charge in [0, 0.05) is 5.69 Å². The topological polar surface area (TPSA) is 107 Å². The van der Waals surface area contributed by atoms with Gasteiger partial charge in [0.15, 0.2) is 12.4 Å². The highest BCUT2D eigenvalue weighted by Gasteiger charge is 2.17. The van der Waals surface area contributed by atoms with Crippen LogP contribution in [0.15, 0.2) is 71.3 Å². The van der Waals surface area contributed by atoms with Crippen molar-refractivity contribution in [3.8, 4) is 5.75 Å². The number of furan rings is 1. The van der Waals surface area contributed by atoms with Crippen LogP contribution in [-0.4, -0.2) is 31.0 Å². The molecule has 1 aromatic heterocycles. The minimum absolute atomic E-state index is 0.105. The summed E-state index contributed by atoms with van der Waals surface area (Å²) in [5.41, 5.74) is 0.910. The first kappa shape index (κ1) is 20.7. The van der Waals surface area contributed by atoms with Gasteiger partial charge in [0.2, 0.25) is 0 Å². The number of esters is 1. The summed E-state index contributed by atoms with van der Waals surface area (Å²) in [5.74, 6) is -0.951. The predicted molar refractivity (Wildman–Crippen MR) is 110 cm³/mol. The number of carbonyl (C=O) groups excluding carboxylic acids is 3. The van der Waals surface area contributed by atoms with Crippen molar-refractivity contribution in [1.29, 1.82) is 0 Å². The maximum absolute atomic E-state index is 12.4. The number of nitrogens with one attached hydrogen (secondary N) is 2. The molecule has 30 heavy (non-hydrogen) atoms. The van der Waals surface area contributed by atoms with E-state index in [1.165, 1.54) is 18.4 Å². The molecule has 0 aliphatic carbocycles. The number of ether oxygens (including phenoxy) is 2. The maximum atomic E-state index is 12.4. The van der Waals surface area contributed by atoms with E-state index >= 15 is 0 Å². The molecule has 154 valence electrons. The Labute approximate surface area is 172 Å². The first-order valence-electron chi connectivity index (χ1n) is 9.20. The molecule has 1 heterocycles. The van der Waals surface area contributed by atoms with Crippen molar-refractivity contribution in [2.24, 2.45) is 0 Å². The molecule has 0 radical (unpaired) electrons. The Morgan fingerprint density at radius 3 is 2.40 bits per heavy atom. The van der Waals surface area contributed by atoms with Gasteiger partial charge >= 0.3 is 5.97 Å². The van der Waals surface area contributed by atoms with Gasteiger partial charge in [0.1, 0.15) is 5.75 Å². The largest absolute Gasteiger partial charge is 0.494 e. The zero-order valence-corrected chi connectivity index (χ0v) is 16.2. The second kappa shape index (κ2) is 9.92. The van der Waals surface area contributed by atoms with Crippen molar-refractivity contribution >= 4 is 29.2 Å². The van der Waals surface area contributed by atoms with E-state index in [0.717, 1.165) is 0 Å². The second-order valence-corrected chi connectivity index (χ2v) is 6.06. The number of amides is 2. The lowest BCUT2D eigenvalue weighted by atomic mass is 10.1. The molecule has 0 fully saturated rings. The Hall–Kier alpha value is -4.07. The minimum Gasteiger partial charge on any atom is -0.494 e. The van der Waals surface area contributed by atoms with Crippen LogP contribution in [0.4, 0.5) is 11.4 Å². The van der Waals surface area contributed by atoms with Crippen LogP contribution in [0.2, 0.25) is 0 Å². The summed E-state index contributed by atoms with van der Waals surface area (Å²) >= 11 is 0. The molecule has 0 saturated heterocycles. The van der Waals surface area contributed by atoms with Crippen LogP contribution in [0, 0.1) is 0 Å². The Balaban J connectivity index is 1.57. The lowest BCUT2D eigenvalue weighted by Gasteiger charge is -2.11. The normalized spacial score (nSPS) is 10.2. The molecular formula is C22H20N2O6. The van der Waals surface area contributed by atoms with Gasteiger partial charge in [-0.15, -0.1) is 0 Å². The van der Waals surface area contributed by atoms with Crippen molar-refractivity contribution in [1.82, 2.24) is 0 Å². The summed E-state index contributed by atoms with van der Waals surface area (Å²) in [4.78, 5) is 36.6. The van der Waals surface area contributed by atoms with Gasteiger partial charge in [-0.05, 0) is 55.5 Å². The molecule has 3 rings (SSSR count). The zero-order chi connectivity index (χ0) is 21.3. The summed E-state index contributed by atoms with van der Waals surface area (Å²) < 4.78 is 15.5. The van der Waals surface area contributed by atoms with E-state index in [1.54, 1.807) is 48.5 Å². The third-order valence-corrected chi connectivity index (χ3v) is 3.92. The highest BCUT2D eigenvalue weighted by atomic mass is 16.5. The van der Waals surface area contributed by atoms with E-state index in [9.17, 15) is 14.4 Å². The lowest BCUT2D eigenvalue weighted by molar-refractivity contribution is -0.119. The Bertz CT molecular complexity index is 1010. The standard InChI is InChI=1S/C22H20N2O6/c1-2-28-16-11-9-15(10-12-16)23-20(25)14-30-22(27)17-6-3-4-7-18(17)24-21(26)19-8-5-13-29-19/h3-13H,2,14H2,1H3,(H,23,25)(H,24,26). The average Bonchev–Trinajstić information content (AvgIpc) is 3.29. The van der Waals surface area contributed by atoms with Crippen molar-refractivity contribution in [3.63, 3.8) is 0 Å². The van der Waals surface area contributed by atoms with Gasteiger partial charge in [-0.2, -0.15) is 0 Å². The van der Waals surface area contributed by atoms with E-state index in [-0.39, 0.29) is 17.0 Å². The number of anilines is 2. The fourth-order valence-electron chi connectivity index (χ4n) is 2.57. The van der Waals surface area contributed by atoms with Gasteiger partial charge in [-0.1, -0.05) is 12.1 Å². The first-order valence-corrected chi connectivity index (χ1v) is 9.20. The third-order valence-electron chi connectivity index (χ3n) is 3.92. The first-order chi connectivity index (χ1) is 14.6. The molecule has 0 aliphatic rings. The van der Waals surface area contributed by atoms with Crippen molar-refractivity contribution in [3.05, 3.63) is 78.3 Å². The van der Waals surface area contributed by atoms with Crippen LogP contribution in [0.5, 0.6) is 5.75 Å². The molecule has 2 aromatic carbocycles. The van der Waals surface area contributed by atoms with Crippen LogP contribution < -0.4 is 15.4 Å². The Morgan fingerprint density at radius 2 is 1.70 bits per heavy atom. The quantitative estimate of drug-likeness (QED) is 0.550. The van der Waals surface area contributed by atoms with E-state index in [0.29, 0.717) is 18.0 Å². The molecule has 0 aliphatic heterocycles. The number of para-hydroxylation sites is 1. The van der Waals surface area contributed by atoms with E-state index in [4.69, 9.17) is 13.9 Å². The van der Waals surface area contributed by atoms with Crippen molar-refractivity contribution in [2.75, 3.05) is 23.8 Å². The smallest absolute Gasteiger partial charge is 0.340 e. The summed E-state index contributed by atoms with van der Waals surface area (Å²) in [6.45, 7) is 1.95. The highest BCUT2D eigenvalue weighted by Crippen LogP contribution is 2.18. The molecule has 8 heteroatoms. The summed E-state index contributed by atoms with van der Waals surface area (Å²) in [6, 6.07) is 16.2. The molecule has 2 amide bonds. The molecule has 0 spiro atoms. The van der Waals surface area contributed by atoms with Crippen molar-refractivity contribution < 1.29 is 28.3 Å². The highest BCUT2D eigenvalue weighted by molar-refractivity contribution is 6.07. The molecule has 3 aromatic rings. The summed E-state index contributed by atoms with van der Waals surface area (Å²) in [6.07, 6.45) is 1.37. The SMILES string of the molecule is CCOc1ccc(NC(=O)COC(=O)c2ccccc2NC(=O)c2ccco2)cc1. The molecule has 0 bridgehead atoms. The molecule has 2 N–H and O–H groups in total. The van der Waals surface area contributed by atoms with Crippen molar-refractivity contribution in [2.45, 2.75) is 6.92 Å². The summed E-state index contributed by atoms with van der Waals surface area (Å²) in [7, 11) is 0. The van der Waals surface area contributed by atoms with Crippen LogP contribution in [0.25, 0.3) is 0 Å².